The highest BCUT2D eigenvalue weighted by molar-refractivity contribution is 6.32. The number of hydrogen-bond acceptors (Lipinski definition) is 4. The lowest BCUT2D eigenvalue weighted by Crippen LogP contribution is -2.23. The largest absolute Gasteiger partial charge is 0.281 e. The van der Waals surface area contributed by atoms with E-state index >= 15 is 0 Å². The van der Waals surface area contributed by atoms with Gasteiger partial charge in [0.1, 0.15) is 5.82 Å². The Morgan fingerprint density at radius 2 is 1.96 bits per heavy atom. The van der Waals surface area contributed by atoms with Gasteiger partial charge >= 0.3 is 0 Å². The molecule has 1 aromatic heterocycles. The van der Waals surface area contributed by atoms with Crippen molar-refractivity contribution in [1.82, 2.24) is 4.98 Å². The van der Waals surface area contributed by atoms with Gasteiger partial charge in [-0.25, -0.2) is 4.39 Å². The summed E-state index contributed by atoms with van der Waals surface area (Å²) in [5.41, 5.74) is 4.73. The van der Waals surface area contributed by atoms with Crippen molar-refractivity contribution in [2.75, 3.05) is 0 Å². The third-order valence-electron chi connectivity index (χ3n) is 5.17. The minimum atomic E-state index is -0.331. The molecule has 1 atom stereocenters. The van der Waals surface area contributed by atoms with Crippen LogP contribution in [0.3, 0.4) is 0 Å². The van der Waals surface area contributed by atoms with Crippen LogP contribution in [-0.4, -0.2) is 15.6 Å². The molecule has 1 aliphatic heterocycles. The molecule has 2 aliphatic rings. The molecule has 28 heavy (non-hydrogen) atoms. The molecule has 1 aromatic carbocycles. The fourth-order valence-corrected chi connectivity index (χ4v) is 3.92. The summed E-state index contributed by atoms with van der Waals surface area (Å²) in [6.07, 6.45) is 2.39. The molecule has 0 radical (unpaired) electrons. The van der Waals surface area contributed by atoms with Gasteiger partial charge in [0.15, 0.2) is 0 Å². The molecule has 0 N–H and O–H groups in total. The Labute approximate surface area is 162 Å². The Bertz CT molecular complexity index is 1080. The molecule has 142 valence electrons. The molecule has 6 heteroatoms. The molecular weight excluding hydrogens is 357 g/mol. The first-order valence-corrected chi connectivity index (χ1v) is 9.28. The molecular formula is C22H20FN3O2. The second kappa shape index (κ2) is 6.78. The van der Waals surface area contributed by atoms with Crippen LogP contribution in [0.4, 0.5) is 10.1 Å². The van der Waals surface area contributed by atoms with Crippen LogP contribution in [0.1, 0.15) is 43.6 Å². The van der Waals surface area contributed by atoms with Crippen molar-refractivity contribution < 1.29 is 9.31 Å². The highest BCUT2D eigenvalue weighted by atomic mass is 19.1. The summed E-state index contributed by atoms with van der Waals surface area (Å²) in [4.78, 5) is 20.6. The van der Waals surface area contributed by atoms with Gasteiger partial charge in [-0.3, -0.25) is 20.1 Å². The Hall–Kier alpha value is -3.15. The van der Waals surface area contributed by atoms with E-state index in [4.69, 9.17) is 4.99 Å². The van der Waals surface area contributed by atoms with Gasteiger partial charge in [-0.15, -0.1) is 0 Å². The Balaban J connectivity index is 1.78. The monoisotopic (exact) mass is 377 g/mol. The Kier molecular flexibility index (Phi) is 4.41. The summed E-state index contributed by atoms with van der Waals surface area (Å²) in [5, 5.41) is 11.7. The summed E-state index contributed by atoms with van der Waals surface area (Å²) in [6, 6.07) is 10.6. The van der Waals surface area contributed by atoms with Crippen LogP contribution in [0.5, 0.6) is 0 Å². The standard InChI is InChI=1S/C22H20FN3O2/c1-12(2)20-17(23)9-8-15(24-20)11-14-10-13(3)22(26(27)28)19-16-6-4-5-7-18(16)25-21(14)19/h4-10,12,14H,11H2,1-3H3. The number of fused-ring (bicyclic) bond motifs is 3. The lowest BCUT2D eigenvalue weighted by Gasteiger charge is -2.21. The van der Waals surface area contributed by atoms with Crippen LogP contribution in [0.15, 0.2) is 58.7 Å². The number of rotatable bonds is 4. The molecule has 2 heterocycles. The van der Waals surface area contributed by atoms with Gasteiger partial charge in [-0.2, -0.15) is 0 Å². The zero-order valence-corrected chi connectivity index (χ0v) is 15.9. The van der Waals surface area contributed by atoms with E-state index < -0.39 is 0 Å². The highest BCUT2D eigenvalue weighted by Gasteiger charge is 2.38. The van der Waals surface area contributed by atoms with E-state index in [0.717, 1.165) is 16.9 Å². The molecule has 0 saturated heterocycles. The first kappa shape index (κ1) is 18.2. The SMILES string of the molecule is CC1=CC(Cc2ccc(F)c(C(C)C)n2)C2=Nc3ccccc3C2=C1[N+](=O)[O-]. The van der Waals surface area contributed by atoms with Gasteiger partial charge in [0.05, 0.1) is 27.6 Å². The van der Waals surface area contributed by atoms with Crippen molar-refractivity contribution in [2.24, 2.45) is 10.9 Å². The van der Waals surface area contributed by atoms with E-state index in [1.54, 1.807) is 13.0 Å². The smallest absolute Gasteiger partial charge is 0.258 e. The lowest BCUT2D eigenvalue weighted by molar-refractivity contribution is -0.419. The van der Waals surface area contributed by atoms with Crippen LogP contribution in [0, 0.1) is 21.8 Å². The number of halogens is 1. The molecule has 4 rings (SSSR count). The molecule has 5 nitrogen and oxygen atoms in total. The van der Waals surface area contributed by atoms with Crippen LogP contribution in [-0.2, 0) is 6.42 Å². The molecule has 0 amide bonds. The predicted octanol–water partition coefficient (Wildman–Crippen LogP) is 5.24. The first-order valence-electron chi connectivity index (χ1n) is 9.28. The first-order chi connectivity index (χ1) is 13.4. The van der Waals surface area contributed by atoms with E-state index in [2.05, 4.69) is 4.98 Å². The normalized spacial score (nSPS) is 18.0. The number of para-hydroxylation sites is 1. The Morgan fingerprint density at radius 1 is 1.21 bits per heavy atom. The fourth-order valence-electron chi connectivity index (χ4n) is 3.92. The number of nitrogens with zero attached hydrogens (tertiary/aromatic N) is 3. The van der Waals surface area contributed by atoms with Crippen molar-refractivity contribution in [1.29, 1.82) is 0 Å². The summed E-state index contributed by atoms with van der Waals surface area (Å²) in [5.74, 6) is -0.478. The number of pyridine rings is 1. The van der Waals surface area contributed by atoms with Crippen LogP contribution in [0.2, 0.25) is 0 Å². The minimum Gasteiger partial charge on any atom is -0.258 e. The van der Waals surface area contributed by atoms with Crippen LogP contribution < -0.4 is 0 Å². The van der Waals surface area contributed by atoms with Gasteiger partial charge in [0.2, 0.25) is 0 Å². The summed E-state index contributed by atoms with van der Waals surface area (Å²) < 4.78 is 14.0. The van der Waals surface area contributed by atoms with Gasteiger partial charge in [-0.1, -0.05) is 38.1 Å². The number of allylic oxidation sites excluding steroid dienone is 3. The molecule has 1 aliphatic carbocycles. The second-order valence-corrected chi connectivity index (χ2v) is 7.48. The Morgan fingerprint density at radius 3 is 2.68 bits per heavy atom. The predicted molar refractivity (Wildman–Crippen MR) is 107 cm³/mol. The number of hydrogen-bond donors (Lipinski definition) is 0. The number of nitro groups is 1. The lowest BCUT2D eigenvalue weighted by atomic mass is 9.82. The number of aromatic nitrogens is 1. The van der Waals surface area contributed by atoms with E-state index in [1.807, 2.05) is 44.2 Å². The minimum absolute atomic E-state index is 0.0202. The van der Waals surface area contributed by atoms with Gasteiger partial charge in [0.25, 0.3) is 5.70 Å². The zero-order chi connectivity index (χ0) is 20.0. The number of aliphatic imine (C=N–C) groups is 1. The topological polar surface area (TPSA) is 68.4 Å². The summed E-state index contributed by atoms with van der Waals surface area (Å²) >= 11 is 0. The molecule has 0 spiro atoms. The summed E-state index contributed by atoms with van der Waals surface area (Å²) in [7, 11) is 0. The molecule has 2 aromatic rings. The van der Waals surface area contributed by atoms with Crippen molar-refractivity contribution in [3.63, 3.8) is 0 Å². The van der Waals surface area contributed by atoms with Crippen molar-refractivity contribution >= 4 is 17.0 Å². The average molecular weight is 377 g/mol. The van der Waals surface area contributed by atoms with Crippen LogP contribution >= 0.6 is 0 Å². The van der Waals surface area contributed by atoms with Gasteiger partial charge in [-0.05, 0) is 31.0 Å². The van der Waals surface area contributed by atoms with Crippen molar-refractivity contribution in [3.05, 3.63) is 86.6 Å². The van der Waals surface area contributed by atoms with Crippen molar-refractivity contribution in [3.8, 4) is 0 Å². The zero-order valence-electron chi connectivity index (χ0n) is 15.9. The number of benzene rings is 1. The molecule has 0 saturated carbocycles. The second-order valence-electron chi connectivity index (χ2n) is 7.48. The molecule has 0 bridgehead atoms. The van der Waals surface area contributed by atoms with Crippen LogP contribution in [0.25, 0.3) is 5.57 Å². The average Bonchev–Trinajstić information content (AvgIpc) is 3.02. The summed E-state index contributed by atoms with van der Waals surface area (Å²) in [6.45, 7) is 5.57. The molecule has 0 fully saturated rings. The van der Waals surface area contributed by atoms with E-state index in [1.165, 1.54) is 6.07 Å². The van der Waals surface area contributed by atoms with Crippen molar-refractivity contribution in [2.45, 2.75) is 33.1 Å². The quantitative estimate of drug-likeness (QED) is 0.541. The maximum Gasteiger partial charge on any atom is 0.281 e. The third kappa shape index (κ3) is 2.95. The van der Waals surface area contributed by atoms with E-state index in [-0.39, 0.29) is 28.3 Å². The fraction of sp³-hybridized carbons (Fsp3) is 0.273. The van der Waals surface area contributed by atoms with E-state index in [0.29, 0.717) is 29.0 Å². The highest BCUT2D eigenvalue weighted by Crippen LogP contribution is 2.44. The molecule has 1 unspecified atom stereocenters. The maximum absolute atomic E-state index is 14.0. The van der Waals surface area contributed by atoms with E-state index in [9.17, 15) is 14.5 Å². The maximum atomic E-state index is 14.0. The van der Waals surface area contributed by atoms with Gasteiger partial charge < -0.3 is 0 Å². The van der Waals surface area contributed by atoms with Gasteiger partial charge in [0, 0.05) is 29.2 Å². The third-order valence-corrected chi connectivity index (χ3v) is 5.17.